The maximum Gasteiger partial charge on any atom is 0.0253 e. The second-order valence-corrected chi connectivity index (χ2v) is 4.82. The monoisotopic (exact) mass is 230 g/mol. The van der Waals surface area contributed by atoms with Crippen LogP contribution in [0.5, 0.6) is 0 Å². The average Bonchev–Trinajstić information content (AvgIpc) is 2.12. The van der Waals surface area contributed by atoms with Gasteiger partial charge in [0.25, 0.3) is 0 Å². The highest BCUT2D eigenvalue weighted by Crippen LogP contribution is 2.31. The van der Waals surface area contributed by atoms with Crippen LogP contribution in [0, 0.1) is 11.8 Å². The molecule has 0 N–H and O–H groups in total. The highest BCUT2D eigenvalue weighted by atomic mass is 79.9. The summed E-state index contributed by atoms with van der Waals surface area (Å²) in [6.07, 6.45) is 5.93. The summed E-state index contributed by atoms with van der Waals surface area (Å²) in [5.74, 6) is 6.02. The summed E-state index contributed by atoms with van der Waals surface area (Å²) < 4.78 is 0.377. The third-order valence-corrected chi connectivity index (χ3v) is 3.89. The zero-order chi connectivity index (χ0) is 9.45. The first kappa shape index (κ1) is 12.0. The molecule has 0 aromatic carbocycles. The molecule has 0 fully saturated rings. The molecule has 0 bridgehead atoms. The zero-order valence-electron chi connectivity index (χ0n) is 8.41. The van der Waals surface area contributed by atoms with Gasteiger partial charge in [0.2, 0.25) is 0 Å². The van der Waals surface area contributed by atoms with Crippen LogP contribution in [0.3, 0.4) is 0 Å². The fourth-order valence-corrected chi connectivity index (χ4v) is 1.50. The standard InChI is InChI=1S/C11H19Br/c1-4-7-8-9-10-11(12,5-2)6-3/h5-6,8-10H2,1-3H3. The van der Waals surface area contributed by atoms with E-state index in [9.17, 15) is 0 Å². The van der Waals surface area contributed by atoms with Crippen molar-refractivity contribution in [3.63, 3.8) is 0 Å². The first-order valence-corrected chi connectivity index (χ1v) is 5.56. The minimum atomic E-state index is 0.377. The highest BCUT2D eigenvalue weighted by molar-refractivity contribution is 9.10. The number of halogens is 1. The molecule has 0 unspecified atom stereocenters. The minimum Gasteiger partial charge on any atom is -0.107 e. The maximum absolute atomic E-state index is 3.79. The van der Waals surface area contributed by atoms with Crippen molar-refractivity contribution in [1.82, 2.24) is 0 Å². The summed E-state index contributed by atoms with van der Waals surface area (Å²) >= 11 is 3.79. The summed E-state index contributed by atoms with van der Waals surface area (Å²) in [6.45, 7) is 6.38. The lowest BCUT2D eigenvalue weighted by molar-refractivity contribution is 0.504. The van der Waals surface area contributed by atoms with Gasteiger partial charge in [-0.1, -0.05) is 29.8 Å². The molecule has 70 valence electrons. The van der Waals surface area contributed by atoms with Crippen LogP contribution in [0.1, 0.15) is 52.9 Å². The van der Waals surface area contributed by atoms with Crippen molar-refractivity contribution in [1.29, 1.82) is 0 Å². The predicted molar refractivity (Wildman–Crippen MR) is 59.5 cm³/mol. The Morgan fingerprint density at radius 2 is 1.83 bits per heavy atom. The average molecular weight is 231 g/mol. The molecule has 0 saturated heterocycles. The van der Waals surface area contributed by atoms with Gasteiger partial charge in [-0.2, -0.15) is 0 Å². The van der Waals surface area contributed by atoms with Gasteiger partial charge in [-0.15, -0.1) is 11.8 Å². The largest absolute Gasteiger partial charge is 0.107 e. The van der Waals surface area contributed by atoms with Crippen molar-refractivity contribution in [3.05, 3.63) is 0 Å². The SMILES string of the molecule is CC#CCCCC(Br)(CC)CC. The van der Waals surface area contributed by atoms with Crippen LogP contribution >= 0.6 is 15.9 Å². The highest BCUT2D eigenvalue weighted by Gasteiger charge is 2.20. The number of unbranched alkanes of at least 4 members (excludes halogenated alkanes) is 1. The first-order chi connectivity index (χ1) is 5.68. The molecular formula is C11H19Br. The van der Waals surface area contributed by atoms with Gasteiger partial charge < -0.3 is 0 Å². The van der Waals surface area contributed by atoms with Crippen molar-refractivity contribution in [2.75, 3.05) is 0 Å². The van der Waals surface area contributed by atoms with E-state index in [0.29, 0.717) is 4.32 Å². The van der Waals surface area contributed by atoms with Crippen LogP contribution in [0.2, 0.25) is 0 Å². The molecule has 0 aliphatic rings. The summed E-state index contributed by atoms with van der Waals surface area (Å²) in [7, 11) is 0. The number of alkyl halides is 1. The molecule has 0 aromatic rings. The molecule has 0 aliphatic carbocycles. The summed E-state index contributed by atoms with van der Waals surface area (Å²) in [5.41, 5.74) is 0. The van der Waals surface area contributed by atoms with E-state index in [2.05, 4.69) is 41.6 Å². The first-order valence-electron chi connectivity index (χ1n) is 4.77. The maximum atomic E-state index is 3.79. The molecule has 0 aliphatic heterocycles. The molecule has 0 aromatic heterocycles. The number of hydrogen-bond donors (Lipinski definition) is 0. The lowest BCUT2D eigenvalue weighted by Gasteiger charge is -2.23. The molecule has 0 radical (unpaired) electrons. The van der Waals surface area contributed by atoms with Crippen LogP contribution in [0.25, 0.3) is 0 Å². The van der Waals surface area contributed by atoms with E-state index in [1.807, 2.05) is 6.92 Å². The molecule has 0 saturated carbocycles. The zero-order valence-corrected chi connectivity index (χ0v) is 10.00. The summed E-state index contributed by atoms with van der Waals surface area (Å²) in [4.78, 5) is 0. The van der Waals surface area contributed by atoms with Gasteiger partial charge in [-0.05, 0) is 32.6 Å². The number of hydrogen-bond acceptors (Lipinski definition) is 0. The van der Waals surface area contributed by atoms with Crippen molar-refractivity contribution in [2.24, 2.45) is 0 Å². The molecule has 0 heterocycles. The normalized spacial score (nSPS) is 10.7. The topological polar surface area (TPSA) is 0 Å². The van der Waals surface area contributed by atoms with Crippen molar-refractivity contribution < 1.29 is 0 Å². The van der Waals surface area contributed by atoms with Crippen molar-refractivity contribution in [3.8, 4) is 11.8 Å². The van der Waals surface area contributed by atoms with Gasteiger partial charge in [0.1, 0.15) is 0 Å². The summed E-state index contributed by atoms with van der Waals surface area (Å²) in [6, 6.07) is 0. The second kappa shape index (κ2) is 6.54. The fourth-order valence-electron chi connectivity index (χ4n) is 1.22. The van der Waals surface area contributed by atoms with Crippen LogP contribution in [0.4, 0.5) is 0 Å². The number of rotatable bonds is 5. The van der Waals surface area contributed by atoms with Crippen LogP contribution < -0.4 is 0 Å². The molecule has 0 amide bonds. The van der Waals surface area contributed by atoms with Crippen LogP contribution in [0.15, 0.2) is 0 Å². The fraction of sp³-hybridized carbons (Fsp3) is 0.818. The van der Waals surface area contributed by atoms with E-state index in [1.54, 1.807) is 0 Å². The van der Waals surface area contributed by atoms with Gasteiger partial charge in [0.05, 0.1) is 0 Å². The Balaban J connectivity index is 3.63. The van der Waals surface area contributed by atoms with Crippen molar-refractivity contribution >= 4 is 15.9 Å². The quantitative estimate of drug-likeness (QED) is 0.379. The van der Waals surface area contributed by atoms with Gasteiger partial charge in [-0.25, -0.2) is 0 Å². The lowest BCUT2D eigenvalue weighted by atomic mass is 9.96. The Hall–Kier alpha value is 0.0400. The van der Waals surface area contributed by atoms with Gasteiger partial charge in [0.15, 0.2) is 0 Å². The lowest BCUT2D eigenvalue weighted by Crippen LogP contribution is -2.17. The van der Waals surface area contributed by atoms with E-state index >= 15 is 0 Å². The molecule has 1 heteroatoms. The van der Waals surface area contributed by atoms with E-state index in [1.165, 1.54) is 25.7 Å². The Labute approximate surface area is 85.3 Å². The van der Waals surface area contributed by atoms with Gasteiger partial charge >= 0.3 is 0 Å². The van der Waals surface area contributed by atoms with E-state index in [0.717, 1.165) is 6.42 Å². The predicted octanol–water partition coefficient (Wildman–Crippen LogP) is 4.13. The van der Waals surface area contributed by atoms with E-state index in [-0.39, 0.29) is 0 Å². The molecular weight excluding hydrogens is 212 g/mol. The molecule has 0 nitrogen and oxygen atoms in total. The Bertz CT molecular complexity index is 158. The second-order valence-electron chi connectivity index (χ2n) is 3.14. The molecule has 0 spiro atoms. The van der Waals surface area contributed by atoms with Gasteiger partial charge in [0, 0.05) is 10.7 Å². The third kappa shape index (κ3) is 4.83. The minimum absolute atomic E-state index is 0.377. The Kier molecular flexibility index (Phi) is 6.57. The Morgan fingerprint density at radius 1 is 1.25 bits per heavy atom. The summed E-state index contributed by atoms with van der Waals surface area (Å²) in [5, 5.41) is 0. The smallest absolute Gasteiger partial charge is 0.0253 e. The molecule has 12 heavy (non-hydrogen) atoms. The molecule has 0 rings (SSSR count). The van der Waals surface area contributed by atoms with E-state index in [4.69, 9.17) is 0 Å². The van der Waals surface area contributed by atoms with E-state index < -0.39 is 0 Å². The Morgan fingerprint density at radius 3 is 2.25 bits per heavy atom. The van der Waals surface area contributed by atoms with Crippen LogP contribution in [-0.2, 0) is 0 Å². The van der Waals surface area contributed by atoms with Crippen molar-refractivity contribution in [2.45, 2.75) is 57.2 Å². The van der Waals surface area contributed by atoms with Crippen LogP contribution in [-0.4, -0.2) is 4.32 Å². The third-order valence-electron chi connectivity index (χ3n) is 2.37. The van der Waals surface area contributed by atoms with Gasteiger partial charge in [-0.3, -0.25) is 0 Å². The molecule has 0 atom stereocenters.